The minimum absolute atomic E-state index is 0.00797. The van der Waals surface area contributed by atoms with E-state index in [1.54, 1.807) is 12.1 Å². The number of hydrogen-bond acceptors (Lipinski definition) is 6. The monoisotopic (exact) mass is 633 g/mol. The highest BCUT2D eigenvalue weighted by Crippen LogP contribution is 2.42. The highest BCUT2D eigenvalue weighted by atomic mass is 16.6. The average Bonchev–Trinajstić information content (AvgIpc) is 3.08. The van der Waals surface area contributed by atoms with Gasteiger partial charge in [0.1, 0.15) is 0 Å². The Kier molecular flexibility index (Phi) is 11.2. The molecule has 2 heterocycles. The number of hydrogen-bond donors (Lipinski definition) is 1. The number of nitro groups is 1. The summed E-state index contributed by atoms with van der Waals surface area (Å²) in [7, 11) is 0. The van der Waals surface area contributed by atoms with Crippen LogP contribution in [-0.2, 0) is 15.0 Å². The molecule has 7 heteroatoms. The quantitative estimate of drug-likeness (QED) is 0.109. The van der Waals surface area contributed by atoms with Gasteiger partial charge < -0.3 is 10.2 Å². The third-order valence-electron chi connectivity index (χ3n) is 10.1. The SMILES string of the molecule is CC(=O)C1=C(C)NC(C)=C(C(=O)CCCCCCCN2CCC(c3ccccc3)(c3ccccc3)CC2)C1c1cccc([N+](=O)[O-])c1. The molecular weight excluding hydrogens is 586 g/mol. The lowest BCUT2D eigenvalue weighted by molar-refractivity contribution is -0.384. The van der Waals surface area contributed by atoms with Crippen LogP contribution in [0.15, 0.2) is 107 Å². The fraction of sp³-hybridized carbons (Fsp3) is 0.400. The summed E-state index contributed by atoms with van der Waals surface area (Å²) in [4.78, 5) is 40.1. The van der Waals surface area contributed by atoms with Crippen molar-refractivity contribution in [3.8, 4) is 0 Å². The number of non-ortho nitro benzene ring substituents is 1. The van der Waals surface area contributed by atoms with Gasteiger partial charge >= 0.3 is 0 Å². The predicted molar refractivity (Wildman–Crippen MR) is 187 cm³/mol. The third kappa shape index (κ3) is 7.79. The fourth-order valence-corrected chi connectivity index (χ4v) is 7.68. The van der Waals surface area contributed by atoms with Gasteiger partial charge in [-0.15, -0.1) is 0 Å². The largest absolute Gasteiger partial charge is 0.362 e. The lowest BCUT2D eigenvalue weighted by atomic mass is 9.68. The summed E-state index contributed by atoms with van der Waals surface area (Å²) < 4.78 is 0. The average molecular weight is 634 g/mol. The van der Waals surface area contributed by atoms with Crippen molar-refractivity contribution >= 4 is 17.3 Å². The number of piperidine rings is 1. The van der Waals surface area contributed by atoms with E-state index in [4.69, 9.17) is 0 Å². The van der Waals surface area contributed by atoms with E-state index in [1.165, 1.54) is 30.2 Å². The number of ketones is 2. The van der Waals surface area contributed by atoms with Crippen molar-refractivity contribution in [2.45, 2.75) is 83.5 Å². The Bertz CT molecular complexity index is 1590. The molecule has 3 aromatic rings. The van der Waals surface area contributed by atoms with Crippen LogP contribution in [0.25, 0.3) is 0 Å². The predicted octanol–water partition coefficient (Wildman–Crippen LogP) is 8.41. The molecule has 0 bridgehead atoms. The molecule has 0 aliphatic carbocycles. The summed E-state index contributed by atoms with van der Waals surface area (Å²) in [5, 5.41) is 14.7. The van der Waals surface area contributed by atoms with Gasteiger partial charge in [-0.25, -0.2) is 0 Å². The molecule has 0 amide bonds. The number of nitrogens with zero attached hydrogens (tertiary/aromatic N) is 2. The smallest absolute Gasteiger partial charge is 0.269 e. The zero-order valence-electron chi connectivity index (χ0n) is 28.0. The molecular formula is C40H47N3O4. The summed E-state index contributed by atoms with van der Waals surface area (Å²) in [6, 6.07) is 28.2. The van der Waals surface area contributed by atoms with Crippen molar-refractivity contribution in [1.82, 2.24) is 10.2 Å². The van der Waals surface area contributed by atoms with Gasteiger partial charge in [0, 0.05) is 52.4 Å². The Balaban J connectivity index is 1.11. The first-order valence-corrected chi connectivity index (χ1v) is 17.0. The van der Waals surface area contributed by atoms with Crippen LogP contribution in [0, 0.1) is 10.1 Å². The van der Waals surface area contributed by atoms with Crippen molar-refractivity contribution in [1.29, 1.82) is 0 Å². The molecule has 5 rings (SSSR count). The van der Waals surface area contributed by atoms with Gasteiger partial charge in [-0.05, 0) is 82.8 Å². The van der Waals surface area contributed by atoms with Gasteiger partial charge in [-0.1, -0.05) is 92.1 Å². The van der Waals surface area contributed by atoms with Crippen LogP contribution < -0.4 is 5.32 Å². The molecule has 0 aromatic heterocycles. The molecule has 1 atom stereocenters. The van der Waals surface area contributed by atoms with Gasteiger partial charge in [0.15, 0.2) is 11.6 Å². The Morgan fingerprint density at radius 1 is 0.809 bits per heavy atom. The standard InChI is InChI=1S/C40H47N3O4/c1-29-37(31(3)44)39(32-16-15-21-35(28-32)43(46)47)38(30(2)41-29)36(45)22-13-5-4-6-14-25-42-26-23-40(24-27-42,33-17-9-7-10-18-33)34-19-11-8-12-20-34/h7-12,15-21,28,39,41H,4-6,13-14,22-27H2,1-3H3. The first kappa shape index (κ1) is 34.0. The Morgan fingerprint density at radius 2 is 1.38 bits per heavy atom. The lowest BCUT2D eigenvalue weighted by Crippen LogP contribution is -2.43. The number of nitrogens with one attached hydrogen (secondary N) is 1. The number of Topliss-reactive ketones (excluding diaryl/α,β-unsaturated/α-hetero) is 2. The molecule has 0 radical (unpaired) electrons. The minimum atomic E-state index is -0.617. The molecule has 0 spiro atoms. The Morgan fingerprint density at radius 3 is 1.98 bits per heavy atom. The number of allylic oxidation sites excluding steroid dienone is 4. The number of benzene rings is 3. The third-order valence-corrected chi connectivity index (χ3v) is 10.1. The van der Waals surface area contributed by atoms with Gasteiger partial charge in [0.25, 0.3) is 5.69 Å². The second-order valence-electron chi connectivity index (χ2n) is 13.1. The first-order chi connectivity index (χ1) is 22.7. The maximum absolute atomic E-state index is 13.7. The molecule has 3 aromatic carbocycles. The number of unbranched alkanes of at least 4 members (excludes halogenated alkanes) is 4. The van der Waals surface area contributed by atoms with E-state index in [1.807, 2.05) is 13.8 Å². The number of rotatable bonds is 14. The van der Waals surface area contributed by atoms with E-state index in [-0.39, 0.29) is 22.7 Å². The van der Waals surface area contributed by atoms with E-state index in [9.17, 15) is 19.7 Å². The van der Waals surface area contributed by atoms with Crippen molar-refractivity contribution in [3.05, 3.63) is 134 Å². The van der Waals surface area contributed by atoms with Gasteiger partial charge in [0.2, 0.25) is 0 Å². The van der Waals surface area contributed by atoms with E-state index in [2.05, 4.69) is 70.9 Å². The summed E-state index contributed by atoms with van der Waals surface area (Å²) in [6.45, 7) is 8.42. The summed E-state index contributed by atoms with van der Waals surface area (Å²) >= 11 is 0. The molecule has 246 valence electrons. The van der Waals surface area contributed by atoms with Crippen molar-refractivity contribution < 1.29 is 14.5 Å². The minimum Gasteiger partial charge on any atom is -0.362 e. The second kappa shape index (κ2) is 15.5. The molecule has 2 aliphatic rings. The maximum atomic E-state index is 13.7. The molecule has 1 N–H and O–H groups in total. The molecule has 7 nitrogen and oxygen atoms in total. The Hall–Kier alpha value is -4.36. The molecule has 0 saturated carbocycles. The topological polar surface area (TPSA) is 92.6 Å². The number of dihydropyridines is 1. The van der Waals surface area contributed by atoms with Gasteiger partial charge in [-0.3, -0.25) is 19.7 Å². The highest BCUT2D eigenvalue weighted by Gasteiger charge is 2.38. The van der Waals surface area contributed by atoms with Crippen LogP contribution in [0.1, 0.15) is 94.7 Å². The van der Waals surface area contributed by atoms with Crippen molar-refractivity contribution in [2.75, 3.05) is 19.6 Å². The molecule has 1 unspecified atom stereocenters. The maximum Gasteiger partial charge on any atom is 0.269 e. The highest BCUT2D eigenvalue weighted by molar-refractivity contribution is 6.04. The lowest BCUT2D eigenvalue weighted by Gasteiger charge is -2.43. The fourth-order valence-electron chi connectivity index (χ4n) is 7.68. The van der Waals surface area contributed by atoms with Crippen molar-refractivity contribution in [2.24, 2.45) is 0 Å². The number of likely N-dealkylation sites (tertiary alicyclic amines) is 1. The van der Waals surface area contributed by atoms with Crippen LogP contribution in [0.4, 0.5) is 5.69 Å². The zero-order valence-corrected chi connectivity index (χ0v) is 28.0. The van der Waals surface area contributed by atoms with Gasteiger partial charge in [0.05, 0.1) is 4.92 Å². The van der Waals surface area contributed by atoms with E-state index < -0.39 is 10.8 Å². The van der Waals surface area contributed by atoms with Crippen LogP contribution in [0.3, 0.4) is 0 Å². The zero-order chi connectivity index (χ0) is 33.4. The van der Waals surface area contributed by atoms with Crippen LogP contribution >= 0.6 is 0 Å². The van der Waals surface area contributed by atoms with Crippen LogP contribution in [0.2, 0.25) is 0 Å². The number of carbonyl (C=O) groups excluding carboxylic acids is 2. The van der Waals surface area contributed by atoms with Gasteiger partial charge in [-0.2, -0.15) is 0 Å². The van der Waals surface area contributed by atoms with E-state index >= 15 is 0 Å². The molecule has 2 aliphatic heterocycles. The first-order valence-electron chi connectivity index (χ1n) is 17.0. The molecule has 1 saturated heterocycles. The van der Waals surface area contributed by atoms with Crippen molar-refractivity contribution in [3.63, 3.8) is 0 Å². The number of nitro benzene ring substituents is 1. The summed E-state index contributed by atoms with van der Waals surface area (Å²) in [5.74, 6) is -0.775. The van der Waals surface area contributed by atoms with E-state index in [0.717, 1.165) is 64.6 Å². The Labute approximate surface area is 278 Å². The van der Waals surface area contributed by atoms with Crippen LogP contribution in [-0.4, -0.2) is 41.0 Å². The summed E-state index contributed by atoms with van der Waals surface area (Å²) in [6.07, 6.45) is 7.70. The molecule has 1 fully saturated rings. The molecule has 47 heavy (non-hydrogen) atoms. The van der Waals surface area contributed by atoms with E-state index in [0.29, 0.717) is 34.5 Å². The summed E-state index contributed by atoms with van der Waals surface area (Å²) in [5.41, 5.74) is 5.85. The van der Waals surface area contributed by atoms with Crippen LogP contribution in [0.5, 0.6) is 0 Å². The normalized spacial score (nSPS) is 18.1. The number of carbonyl (C=O) groups is 2. The second-order valence-corrected chi connectivity index (χ2v) is 13.1.